The number of benzene rings is 2. The molecule has 1 aromatic heterocycles. The minimum atomic E-state index is 0.0324. The van der Waals surface area contributed by atoms with Crippen LogP contribution in [0.2, 0.25) is 0 Å². The van der Waals surface area contributed by atoms with Crippen molar-refractivity contribution in [2.75, 3.05) is 7.11 Å². The molecule has 3 aromatic rings. The van der Waals surface area contributed by atoms with Crippen LogP contribution in [0, 0.1) is 0 Å². The molecule has 1 N–H and O–H groups in total. The van der Waals surface area contributed by atoms with Crippen LogP contribution in [-0.4, -0.2) is 32.4 Å². The van der Waals surface area contributed by atoms with E-state index in [1.807, 2.05) is 47.1 Å². The zero-order chi connectivity index (χ0) is 19.3. The third-order valence-electron chi connectivity index (χ3n) is 4.93. The van der Waals surface area contributed by atoms with Crippen LogP contribution in [0.25, 0.3) is 22.5 Å². The fourth-order valence-electron chi connectivity index (χ4n) is 3.45. The number of tetrazole rings is 1. The molecular weight excluding hydrogens is 352 g/mol. The predicted octanol–water partition coefficient (Wildman–Crippen LogP) is 3.75. The van der Waals surface area contributed by atoms with Crippen molar-refractivity contribution in [3.8, 4) is 22.5 Å². The SMILES string of the molecule is COC1=C(Cn2nnnc2-c2ccccc2-c2ccc(CO)cc2)C=CCC1. The molecule has 0 saturated carbocycles. The summed E-state index contributed by atoms with van der Waals surface area (Å²) < 4.78 is 7.35. The molecule has 0 saturated heterocycles. The molecule has 0 radical (unpaired) electrons. The summed E-state index contributed by atoms with van der Waals surface area (Å²) in [4.78, 5) is 0. The Morgan fingerprint density at radius 3 is 2.61 bits per heavy atom. The average molecular weight is 374 g/mol. The highest BCUT2D eigenvalue weighted by molar-refractivity contribution is 5.80. The fourth-order valence-corrected chi connectivity index (χ4v) is 3.45. The predicted molar refractivity (Wildman–Crippen MR) is 107 cm³/mol. The lowest BCUT2D eigenvalue weighted by atomic mass is 9.98. The molecule has 6 nitrogen and oxygen atoms in total. The normalized spacial score (nSPS) is 13.8. The molecule has 0 atom stereocenters. The first kappa shape index (κ1) is 18.1. The lowest BCUT2D eigenvalue weighted by Gasteiger charge is -2.16. The van der Waals surface area contributed by atoms with E-state index >= 15 is 0 Å². The quantitative estimate of drug-likeness (QED) is 0.711. The molecule has 0 spiro atoms. The Hall–Kier alpha value is -3.25. The van der Waals surface area contributed by atoms with Gasteiger partial charge in [0.2, 0.25) is 0 Å². The van der Waals surface area contributed by atoms with E-state index in [0.29, 0.717) is 12.4 Å². The van der Waals surface area contributed by atoms with Gasteiger partial charge in [0.15, 0.2) is 5.82 Å². The summed E-state index contributed by atoms with van der Waals surface area (Å²) in [7, 11) is 1.71. The van der Waals surface area contributed by atoms with Crippen molar-refractivity contribution in [3.63, 3.8) is 0 Å². The number of aliphatic hydroxyl groups excluding tert-OH is 1. The minimum Gasteiger partial charge on any atom is -0.501 e. The summed E-state index contributed by atoms with van der Waals surface area (Å²) in [6.45, 7) is 0.588. The lowest BCUT2D eigenvalue weighted by Crippen LogP contribution is -2.09. The van der Waals surface area contributed by atoms with E-state index in [1.54, 1.807) is 7.11 Å². The molecule has 142 valence electrons. The summed E-state index contributed by atoms with van der Waals surface area (Å²) in [5, 5.41) is 21.7. The highest BCUT2D eigenvalue weighted by atomic mass is 16.5. The molecule has 0 unspecified atom stereocenters. The van der Waals surface area contributed by atoms with E-state index in [4.69, 9.17) is 4.74 Å². The van der Waals surface area contributed by atoms with Gasteiger partial charge in [0.25, 0.3) is 0 Å². The van der Waals surface area contributed by atoms with Gasteiger partial charge in [-0.1, -0.05) is 60.7 Å². The van der Waals surface area contributed by atoms with Gasteiger partial charge in [-0.3, -0.25) is 0 Å². The van der Waals surface area contributed by atoms with Crippen LogP contribution >= 0.6 is 0 Å². The van der Waals surface area contributed by atoms with Gasteiger partial charge < -0.3 is 9.84 Å². The van der Waals surface area contributed by atoms with Crippen molar-refractivity contribution in [1.29, 1.82) is 0 Å². The monoisotopic (exact) mass is 374 g/mol. The number of aromatic nitrogens is 4. The van der Waals surface area contributed by atoms with Gasteiger partial charge in [0, 0.05) is 17.6 Å². The van der Waals surface area contributed by atoms with Crippen molar-refractivity contribution in [2.24, 2.45) is 0 Å². The molecule has 1 aliphatic carbocycles. The number of allylic oxidation sites excluding steroid dienone is 4. The molecule has 0 fully saturated rings. The highest BCUT2D eigenvalue weighted by Gasteiger charge is 2.17. The van der Waals surface area contributed by atoms with E-state index in [0.717, 1.165) is 46.4 Å². The maximum Gasteiger partial charge on any atom is 0.182 e. The van der Waals surface area contributed by atoms with Gasteiger partial charge in [-0.2, -0.15) is 0 Å². The van der Waals surface area contributed by atoms with Gasteiger partial charge in [-0.05, 0) is 33.5 Å². The van der Waals surface area contributed by atoms with Gasteiger partial charge in [0.05, 0.1) is 20.3 Å². The van der Waals surface area contributed by atoms with Gasteiger partial charge in [-0.25, -0.2) is 4.68 Å². The maximum absolute atomic E-state index is 9.29. The Labute approximate surface area is 163 Å². The first-order valence-electron chi connectivity index (χ1n) is 9.28. The number of hydrogen-bond acceptors (Lipinski definition) is 5. The molecule has 1 heterocycles. The zero-order valence-corrected chi connectivity index (χ0v) is 15.7. The third kappa shape index (κ3) is 3.59. The summed E-state index contributed by atoms with van der Waals surface area (Å²) in [5.74, 6) is 1.69. The largest absolute Gasteiger partial charge is 0.501 e. The summed E-state index contributed by atoms with van der Waals surface area (Å²) in [5.41, 5.74) is 5.03. The second-order valence-electron chi connectivity index (χ2n) is 6.65. The van der Waals surface area contributed by atoms with E-state index in [9.17, 15) is 5.11 Å². The first-order chi connectivity index (χ1) is 13.8. The zero-order valence-electron chi connectivity index (χ0n) is 15.7. The summed E-state index contributed by atoms with van der Waals surface area (Å²) in [6.07, 6.45) is 6.13. The Morgan fingerprint density at radius 2 is 1.86 bits per heavy atom. The van der Waals surface area contributed by atoms with Crippen molar-refractivity contribution >= 4 is 0 Å². The molecule has 6 heteroatoms. The van der Waals surface area contributed by atoms with E-state index in [-0.39, 0.29) is 6.61 Å². The Kier molecular flexibility index (Phi) is 5.30. The van der Waals surface area contributed by atoms with Gasteiger partial charge in [-0.15, -0.1) is 5.10 Å². The molecule has 4 rings (SSSR count). The average Bonchev–Trinajstić information content (AvgIpc) is 3.22. The van der Waals surface area contributed by atoms with Gasteiger partial charge in [0.1, 0.15) is 5.76 Å². The summed E-state index contributed by atoms with van der Waals surface area (Å²) >= 11 is 0. The smallest absolute Gasteiger partial charge is 0.182 e. The van der Waals surface area contributed by atoms with Crippen LogP contribution in [0.3, 0.4) is 0 Å². The lowest BCUT2D eigenvalue weighted by molar-refractivity contribution is 0.270. The van der Waals surface area contributed by atoms with E-state index in [2.05, 4.69) is 33.7 Å². The van der Waals surface area contributed by atoms with Crippen molar-refractivity contribution in [1.82, 2.24) is 20.2 Å². The highest BCUT2D eigenvalue weighted by Crippen LogP contribution is 2.31. The number of aliphatic hydroxyl groups is 1. The number of nitrogens with zero attached hydrogens (tertiary/aromatic N) is 4. The Morgan fingerprint density at radius 1 is 1.07 bits per heavy atom. The van der Waals surface area contributed by atoms with Crippen LogP contribution in [0.4, 0.5) is 0 Å². The number of ether oxygens (including phenoxy) is 1. The first-order valence-corrected chi connectivity index (χ1v) is 9.28. The number of hydrogen-bond donors (Lipinski definition) is 1. The molecule has 0 amide bonds. The van der Waals surface area contributed by atoms with Crippen molar-refractivity contribution in [2.45, 2.75) is 26.0 Å². The molecular formula is C22H22N4O2. The molecule has 28 heavy (non-hydrogen) atoms. The Bertz CT molecular complexity index is 1020. The number of methoxy groups -OCH3 is 1. The topological polar surface area (TPSA) is 73.1 Å². The van der Waals surface area contributed by atoms with E-state index < -0.39 is 0 Å². The standard InChI is InChI=1S/C22H22N4O2/c1-28-21-9-5-2-6-18(21)14-26-22(23-24-25-26)20-8-4-3-7-19(20)17-12-10-16(15-27)11-13-17/h2-4,6-8,10-13,27H,5,9,14-15H2,1H3. The maximum atomic E-state index is 9.29. The van der Waals surface area contributed by atoms with Crippen LogP contribution < -0.4 is 0 Å². The minimum absolute atomic E-state index is 0.0324. The molecule has 2 aromatic carbocycles. The number of rotatable bonds is 6. The third-order valence-corrected chi connectivity index (χ3v) is 4.93. The van der Waals surface area contributed by atoms with Crippen molar-refractivity contribution < 1.29 is 9.84 Å². The fraction of sp³-hybridized carbons (Fsp3) is 0.227. The van der Waals surface area contributed by atoms with Crippen LogP contribution in [-0.2, 0) is 17.9 Å². The van der Waals surface area contributed by atoms with Gasteiger partial charge >= 0.3 is 0 Å². The molecule has 0 aliphatic heterocycles. The molecule has 0 bridgehead atoms. The van der Waals surface area contributed by atoms with Crippen LogP contribution in [0.1, 0.15) is 18.4 Å². The van der Waals surface area contributed by atoms with Crippen LogP contribution in [0.5, 0.6) is 0 Å². The van der Waals surface area contributed by atoms with E-state index in [1.165, 1.54) is 0 Å². The second-order valence-corrected chi connectivity index (χ2v) is 6.65. The van der Waals surface area contributed by atoms with Crippen LogP contribution in [0.15, 0.2) is 72.0 Å². The second kappa shape index (κ2) is 8.19. The van der Waals surface area contributed by atoms with Crippen molar-refractivity contribution in [3.05, 3.63) is 77.6 Å². The Balaban J connectivity index is 1.73. The molecule has 1 aliphatic rings. The summed E-state index contributed by atoms with van der Waals surface area (Å²) in [6, 6.07) is 15.9.